The van der Waals surface area contributed by atoms with Crippen molar-refractivity contribution >= 4 is 30.6 Å². The van der Waals surface area contributed by atoms with Crippen molar-refractivity contribution in [1.82, 2.24) is 4.72 Å². The van der Waals surface area contributed by atoms with E-state index in [1.807, 2.05) is 24.3 Å². The lowest BCUT2D eigenvalue weighted by Gasteiger charge is -2.08. The molecule has 0 saturated heterocycles. The van der Waals surface area contributed by atoms with Gasteiger partial charge in [0.15, 0.2) is 9.84 Å². The number of hydrogen-bond acceptors (Lipinski definition) is 4. The minimum absolute atomic E-state index is 0.0825. The van der Waals surface area contributed by atoms with Crippen LogP contribution < -0.4 is 4.72 Å². The topological polar surface area (TPSA) is 80.3 Å². The summed E-state index contributed by atoms with van der Waals surface area (Å²) in [5, 5.41) is 1.82. The lowest BCUT2D eigenvalue weighted by atomic mass is 10.1. The average molecular weight is 375 g/mol. The molecule has 0 bridgehead atoms. The van der Waals surface area contributed by atoms with Crippen molar-refractivity contribution in [3.63, 3.8) is 0 Å². The van der Waals surface area contributed by atoms with E-state index in [1.54, 1.807) is 30.3 Å². The van der Waals surface area contributed by atoms with Gasteiger partial charge in [-0.15, -0.1) is 0 Å². The molecule has 5 nitrogen and oxygen atoms in total. The smallest absolute Gasteiger partial charge is 0.224 e. The van der Waals surface area contributed by atoms with Crippen molar-refractivity contribution in [3.05, 3.63) is 72.3 Å². The third-order valence-corrected chi connectivity index (χ3v) is 6.38. The van der Waals surface area contributed by atoms with Crippen LogP contribution in [0.2, 0.25) is 0 Å². The van der Waals surface area contributed by atoms with Crippen LogP contribution in [-0.2, 0) is 26.4 Å². The molecule has 0 saturated carbocycles. The second kappa shape index (κ2) is 6.59. The van der Waals surface area contributed by atoms with Crippen molar-refractivity contribution < 1.29 is 16.8 Å². The zero-order valence-corrected chi connectivity index (χ0v) is 15.1. The van der Waals surface area contributed by atoms with Gasteiger partial charge < -0.3 is 0 Å². The van der Waals surface area contributed by atoms with Crippen LogP contribution in [-0.4, -0.2) is 23.1 Å². The van der Waals surface area contributed by atoms with Gasteiger partial charge in [0.25, 0.3) is 0 Å². The summed E-state index contributed by atoms with van der Waals surface area (Å²) < 4.78 is 50.4. The van der Waals surface area contributed by atoms with Crippen LogP contribution in [0.15, 0.2) is 76.5 Å². The number of fused-ring (bicyclic) bond motifs is 1. The van der Waals surface area contributed by atoms with Crippen LogP contribution in [0.1, 0.15) is 5.56 Å². The van der Waals surface area contributed by atoms with Crippen molar-refractivity contribution in [2.45, 2.75) is 16.3 Å². The maximum atomic E-state index is 12.5. The Hall–Kier alpha value is -2.22. The highest BCUT2D eigenvalue weighted by molar-refractivity contribution is 7.90. The summed E-state index contributed by atoms with van der Waals surface area (Å²) in [6.07, 6.45) is 1.13. The van der Waals surface area contributed by atoms with E-state index in [4.69, 9.17) is 0 Å². The van der Waals surface area contributed by atoms with Gasteiger partial charge in [-0.2, -0.15) is 0 Å². The molecular weight excluding hydrogens is 358 g/mol. The van der Waals surface area contributed by atoms with Gasteiger partial charge in [-0.3, -0.25) is 0 Å². The second-order valence-corrected chi connectivity index (χ2v) is 9.53. The summed E-state index contributed by atoms with van der Waals surface area (Å²) in [5.74, 6) is 0. The predicted molar refractivity (Wildman–Crippen MR) is 97.5 cm³/mol. The largest absolute Gasteiger partial charge is 0.240 e. The first-order chi connectivity index (χ1) is 11.8. The van der Waals surface area contributed by atoms with E-state index in [0.717, 1.165) is 17.0 Å². The molecule has 0 heterocycles. The Labute approximate surface area is 147 Å². The number of sulfonamides is 1. The maximum absolute atomic E-state index is 12.5. The quantitative estimate of drug-likeness (QED) is 0.743. The molecule has 0 fully saturated rings. The van der Waals surface area contributed by atoms with Crippen LogP contribution in [0, 0.1) is 0 Å². The van der Waals surface area contributed by atoms with E-state index >= 15 is 0 Å². The molecule has 25 heavy (non-hydrogen) atoms. The first kappa shape index (κ1) is 17.6. The van der Waals surface area contributed by atoms with Crippen LogP contribution in [0.4, 0.5) is 0 Å². The van der Waals surface area contributed by atoms with E-state index in [1.165, 1.54) is 12.1 Å². The summed E-state index contributed by atoms with van der Waals surface area (Å²) in [5.41, 5.74) is 0.678. The first-order valence-electron chi connectivity index (χ1n) is 7.53. The number of hydrogen-bond donors (Lipinski definition) is 1. The molecule has 0 radical (unpaired) electrons. The molecule has 7 heteroatoms. The Balaban J connectivity index is 1.79. The van der Waals surface area contributed by atoms with Gasteiger partial charge in [-0.25, -0.2) is 21.6 Å². The number of benzene rings is 3. The SMILES string of the molecule is CS(=O)(=O)c1ccc(CNS(=O)(=O)c2ccc3ccccc3c2)cc1. The van der Waals surface area contributed by atoms with Gasteiger partial charge in [0.05, 0.1) is 9.79 Å². The molecule has 0 spiro atoms. The predicted octanol–water partition coefficient (Wildman–Crippen LogP) is 2.72. The van der Waals surface area contributed by atoms with Crippen LogP contribution in [0.25, 0.3) is 10.8 Å². The molecule has 3 aromatic carbocycles. The van der Waals surface area contributed by atoms with E-state index in [2.05, 4.69) is 4.72 Å². The zero-order chi connectivity index (χ0) is 18.1. The third-order valence-electron chi connectivity index (χ3n) is 3.85. The Morgan fingerprint density at radius 1 is 0.760 bits per heavy atom. The molecule has 0 aliphatic heterocycles. The number of rotatable bonds is 5. The first-order valence-corrected chi connectivity index (χ1v) is 10.9. The highest BCUT2D eigenvalue weighted by Gasteiger charge is 2.14. The van der Waals surface area contributed by atoms with Gasteiger partial charge in [0.2, 0.25) is 10.0 Å². The molecule has 130 valence electrons. The van der Waals surface area contributed by atoms with Gasteiger partial charge >= 0.3 is 0 Å². The molecular formula is C18H17NO4S2. The standard InChI is InChI=1S/C18H17NO4S2/c1-24(20,21)17-9-6-14(7-10-17)13-19-25(22,23)18-11-8-15-4-2-3-5-16(15)12-18/h2-12,19H,13H2,1H3. The number of nitrogens with one attached hydrogen (secondary N) is 1. The molecule has 3 aromatic rings. The summed E-state index contributed by atoms with van der Waals surface area (Å²) >= 11 is 0. The summed E-state index contributed by atoms with van der Waals surface area (Å²) in [7, 11) is -6.92. The molecule has 0 unspecified atom stereocenters. The summed E-state index contributed by atoms with van der Waals surface area (Å²) in [4.78, 5) is 0.396. The van der Waals surface area contributed by atoms with Gasteiger partial charge in [-0.1, -0.05) is 42.5 Å². The third kappa shape index (κ3) is 4.07. The maximum Gasteiger partial charge on any atom is 0.240 e. The molecule has 0 aromatic heterocycles. The fourth-order valence-electron chi connectivity index (χ4n) is 2.45. The lowest BCUT2D eigenvalue weighted by Crippen LogP contribution is -2.23. The summed E-state index contributed by atoms with van der Waals surface area (Å²) in [6.45, 7) is 0.0825. The Morgan fingerprint density at radius 2 is 1.36 bits per heavy atom. The van der Waals surface area contributed by atoms with E-state index < -0.39 is 19.9 Å². The zero-order valence-electron chi connectivity index (χ0n) is 13.5. The molecule has 0 aliphatic rings. The van der Waals surface area contributed by atoms with Gasteiger partial charge in [0, 0.05) is 12.8 Å². The van der Waals surface area contributed by atoms with Crippen molar-refractivity contribution in [2.24, 2.45) is 0 Å². The van der Waals surface area contributed by atoms with Crippen LogP contribution in [0.5, 0.6) is 0 Å². The highest BCUT2D eigenvalue weighted by Crippen LogP contribution is 2.19. The molecule has 1 N–H and O–H groups in total. The molecule has 0 amide bonds. The molecule has 0 atom stereocenters. The average Bonchev–Trinajstić information content (AvgIpc) is 2.59. The minimum Gasteiger partial charge on any atom is -0.224 e. The molecule has 0 aliphatic carbocycles. The Bertz CT molecular complexity index is 1120. The normalized spacial score (nSPS) is 12.4. The van der Waals surface area contributed by atoms with Gasteiger partial charge in [-0.05, 0) is 40.6 Å². The highest BCUT2D eigenvalue weighted by atomic mass is 32.2. The summed E-state index contributed by atoms with van der Waals surface area (Å²) in [6, 6.07) is 18.6. The van der Waals surface area contributed by atoms with Crippen molar-refractivity contribution in [2.75, 3.05) is 6.26 Å². The Kier molecular flexibility index (Phi) is 4.64. The van der Waals surface area contributed by atoms with Crippen LogP contribution >= 0.6 is 0 Å². The minimum atomic E-state index is -3.66. The fraction of sp³-hybridized carbons (Fsp3) is 0.111. The fourth-order valence-corrected chi connectivity index (χ4v) is 4.13. The van der Waals surface area contributed by atoms with Gasteiger partial charge in [0.1, 0.15) is 0 Å². The number of sulfone groups is 1. The van der Waals surface area contributed by atoms with E-state index in [0.29, 0.717) is 5.56 Å². The second-order valence-electron chi connectivity index (χ2n) is 5.75. The van der Waals surface area contributed by atoms with Crippen LogP contribution in [0.3, 0.4) is 0 Å². The van der Waals surface area contributed by atoms with Crippen molar-refractivity contribution in [3.8, 4) is 0 Å². The Morgan fingerprint density at radius 3 is 2.00 bits per heavy atom. The van der Waals surface area contributed by atoms with Crippen molar-refractivity contribution in [1.29, 1.82) is 0 Å². The lowest BCUT2D eigenvalue weighted by molar-refractivity contribution is 0.581. The molecule has 3 rings (SSSR count). The van der Waals surface area contributed by atoms with E-state index in [-0.39, 0.29) is 16.3 Å². The van der Waals surface area contributed by atoms with E-state index in [9.17, 15) is 16.8 Å². The monoisotopic (exact) mass is 375 g/mol.